The van der Waals surface area contributed by atoms with Gasteiger partial charge in [0.1, 0.15) is 0 Å². The molecule has 6 nitrogen and oxygen atoms in total. The van der Waals surface area contributed by atoms with Gasteiger partial charge in [-0.3, -0.25) is 4.79 Å². The third kappa shape index (κ3) is 3.68. The molecule has 0 radical (unpaired) electrons. The molecule has 0 aromatic carbocycles. The van der Waals surface area contributed by atoms with Gasteiger partial charge in [0, 0.05) is 19.3 Å². The van der Waals surface area contributed by atoms with Crippen LogP contribution in [0.4, 0.5) is 5.95 Å². The molecule has 0 saturated carbocycles. The second-order valence-electron chi connectivity index (χ2n) is 5.52. The quantitative estimate of drug-likeness (QED) is 0.929. The summed E-state index contributed by atoms with van der Waals surface area (Å²) in [6.07, 6.45) is 1.61. The number of amides is 1. The average molecular weight is 332 g/mol. The second kappa shape index (κ2) is 7.06. The van der Waals surface area contributed by atoms with E-state index in [1.54, 1.807) is 17.5 Å². The fraction of sp³-hybridized carbons (Fsp3) is 0.438. The smallest absolute Gasteiger partial charge is 0.255 e. The lowest BCUT2D eigenvalue weighted by molar-refractivity contribution is 0.0938. The predicted molar refractivity (Wildman–Crippen MR) is 90.0 cm³/mol. The minimum absolute atomic E-state index is 0.0351. The fourth-order valence-electron chi connectivity index (χ4n) is 2.47. The zero-order chi connectivity index (χ0) is 16.2. The van der Waals surface area contributed by atoms with Crippen molar-refractivity contribution in [2.45, 2.75) is 19.9 Å². The minimum Gasteiger partial charge on any atom is -0.378 e. The second-order valence-corrected chi connectivity index (χ2v) is 6.30. The van der Waals surface area contributed by atoms with E-state index < -0.39 is 0 Å². The maximum atomic E-state index is 12.4. The lowest BCUT2D eigenvalue weighted by Crippen LogP contribution is -2.37. The van der Waals surface area contributed by atoms with E-state index in [-0.39, 0.29) is 11.9 Å². The molecule has 23 heavy (non-hydrogen) atoms. The van der Waals surface area contributed by atoms with Crippen molar-refractivity contribution in [3.63, 3.8) is 0 Å². The summed E-state index contributed by atoms with van der Waals surface area (Å²) in [4.78, 5) is 23.4. The first-order valence-electron chi connectivity index (χ1n) is 7.64. The maximum Gasteiger partial charge on any atom is 0.255 e. The lowest BCUT2D eigenvalue weighted by atomic mass is 10.1. The summed E-state index contributed by atoms with van der Waals surface area (Å²) >= 11 is 1.62. The highest BCUT2D eigenvalue weighted by Gasteiger charge is 2.18. The number of thiophene rings is 1. The van der Waals surface area contributed by atoms with Crippen LogP contribution in [0.1, 0.15) is 34.6 Å². The normalized spacial score (nSPS) is 16.2. The molecule has 3 heterocycles. The van der Waals surface area contributed by atoms with Gasteiger partial charge in [-0.15, -0.1) is 0 Å². The zero-order valence-electron chi connectivity index (χ0n) is 13.3. The van der Waals surface area contributed by atoms with Crippen LogP contribution in [0.3, 0.4) is 0 Å². The van der Waals surface area contributed by atoms with Gasteiger partial charge >= 0.3 is 0 Å². The number of aromatic nitrogens is 2. The summed E-state index contributed by atoms with van der Waals surface area (Å²) in [5, 5.41) is 7.03. The molecule has 2 aromatic rings. The fourth-order valence-corrected chi connectivity index (χ4v) is 3.23. The first kappa shape index (κ1) is 15.9. The van der Waals surface area contributed by atoms with E-state index in [1.165, 1.54) is 0 Å². The third-order valence-electron chi connectivity index (χ3n) is 3.90. The number of hydrogen-bond donors (Lipinski definition) is 1. The molecule has 2 aromatic heterocycles. The van der Waals surface area contributed by atoms with Crippen LogP contribution in [0.5, 0.6) is 0 Å². The predicted octanol–water partition coefficient (Wildman–Crippen LogP) is 2.17. The summed E-state index contributed by atoms with van der Waals surface area (Å²) in [5.41, 5.74) is 2.31. The summed E-state index contributed by atoms with van der Waals surface area (Å²) in [6, 6.07) is 1.98. The molecule has 7 heteroatoms. The molecule has 3 rings (SSSR count). The van der Waals surface area contributed by atoms with Gasteiger partial charge in [0.15, 0.2) is 0 Å². The molecule has 0 bridgehead atoms. The van der Waals surface area contributed by atoms with Gasteiger partial charge in [-0.2, -0.15) is 11.3 Å². The van der Waals surface area contributed by atoms with Crippen LogP contribution >= 0.6 is 11.3 Å². The number of ether oxygens (including phenoxy) is 1. The Morgan fingerprint density at radius 3 is 2.87 bits per heavy atom. The number of nitrogens with zero attached hydrogens (tertiary/aromatic N) is 3. The Labute approximate surface area is 139 Å². The van der Waals surface area contributed by atoms with Crippen LogP contribution in [-0.2, 0) is 4.74 Å². The highest BCUT2D eigenvalue weighted by molar-refractivity contribution is 7.07. The number of carbonyl (C=O) groups excluding carboxylic acids is 1. The maximum absolute atomic E-state index is 12.4. The minimum atomic E-state index is -0.144. The molecule has 1 aliphatic rings. The third-order valence-corrected chi connectivity index (χ3v) is 4.60. The van der Waals surface area contributed by atoms with Crippen LogP contribution in [0.15, 0.2) is 23.0 Å². The van der Waals surface area contributed by atoms with E-state index in [4.69, 9.17) is 4.74 Å². The molecule has 1 aliphatic heterocycles. The summed E-state index contributed by atoms with van der Waals surface area (Å²) in [6.45, 7) is 6.74. The number of aryl methyl sites for hydroxylation is 1. The van der Waals surface area contributed by atoms with Gasteiger partial charge < -0.3 is 15.0 Å². The number of carbonyl (C=O) groups is 1. The molecule has 1 unspecified atom stereocenters. The van der Waals surface area contributed by atoms with Crippen molar-refractivity contribution in [2.24, 2.45) is 0 Å². The van der Waals surface area contributed by atoms with E-state index in [9.17, 15) is 4.79 Å². The van der Waals surface area contributed by atoms with Gasteiger partial charge in [-0.25, -0.2) is 9.97 Å². The van der Waals surface area contributed by atoms with Gasteiger partial charge in [0.05, 0.1) is 30.5 Å². The Hall–Kier alpha value is -1.99. The molecule has 1 saturated heterocycles. The number of morpholine rings is 1. The number of anilines is 1. The highest BCUT2D eigenvalue weighted by Crippen LogP contribution is 2.17. The molecule has 1 atom stereocenters. The molecule has 1 N–H and O–H groups in total. The molecule has 0 aliphatic carbocycles. The molecule has 1 fully saturated rings. The number of nitrogens with one attached hydrogen (secondary N) is 1. The SMILES string of the molecule is Cc1nc(N2CCOCC2)ncc1C(=O)NC(C)c1ccsc1. The molecule has 0 spiro atoms. The largest absolute Gasteiger partial charge is 0.378 e. The molecule has 122 valence electrons. The summed E-state index contributed by atoms with van der Waals surface area (Å²) < 4.78 is 5.33. The molecular formula is C16H20N4O2S. The van der Waals surface area contributed by atoms with Crippen LogP contribution < -0.4 is 10.2 Å². The van der Waals surface area contributed by atoms with E-state index >= 15 is 0 Å². The Bertz CT molecular complexity index is 669. The van der Waals surface area contributed by atoms with Crippen LogP contribution in [0.2, 0.25) is 0 Å². The van der Waals surface area contributed by atoms with Crippen LogP contribution in [0, 0.1) is 6.92 Å². The standard InChI is InChI=1S/C16H20N4O2S/c1-11(13-3-8-23-10-13)18-15(21)14-9-17-16(19-12(14)2)20-4-6-22-7-5-20/h3,8-11H,4-7H2,1-2H3,(H,18,21). The Kier molecular flexibility index (Phi) is 4.88. The first-order chi connectivity index (χ1) is 11.1. The van der Waals surface area contributed by atoms with E-state index in [0.717, 1.165) is 18.7 Å². The van der Waals surface area contributed by atoms with Crippen molar-refractivity contribution in [3.8, 4) is 0 Å². The average Bonchev–Trinajstić information content (AvgIpc) is 3.10. The first-order valence-corrected chi connectivity index (χ1v) is 8.58. The Morgan fingerprint density at radius 1 is 1.43 bits per heavy atom. The Balaban J connectivity index is 1.71. The van der Waals surface area contributed by atoms with Crippen molar-refractivity contribution in [1.29, 1.82) is 0 Å². The molecular weight excluding hydrogens is 312 g/mol. The van der Waals surface area contributed by atoms with Gasteiger partial charge in [0.2, 0.25) is 5.95 Å². The van der Waals surface area contributed by atoms with E-state index in [0.29, 0.717) is 30.4 Å². The van der Waals surface area contributed by atoms with Crippen LogP contribution in [0.25, 0.3) is 0 Å². The molecule has 1 amide bonds. The van der Waals surface area contributed by atoms with Gasteiger partial charge in [0.25, 0.3) is 5.91 Å². The number of rotatable bonds is 4. The summed E-state index contributed by atoms with van der Waals surface area (Å²) in [7, 11) is 0. The van der Waals surface area contributed by atoms with E-state index in [1.807, 2.05) is 30.7 Å². The van der Waals surface area contributed by atoms with Gasteiger partial charge in [-0.05, 0) is 36.2 Å². The van der Waals surface area contributed by atoms with Crippen molar-refractivity contribution >= 4 is 23.2 Å². The van der Waals surface area contributed by atoms with E-state index in [2.05, 4.69) is 20.2 Å². The topological polar surface area (TPSA) is 67.3 Å². The monoisotopic (exact) mass is 332 g/mol. The lowest BCUT2D eigenvalue weighted by Gasteiger charge is -2.27. The van der Waals surface area contributed by atoms with Crippen LogP contribution in [-0.4, -0.2) is 42.2 Å². The van der Waals surface area contributed by atoms with Crippen molar-refractivity contribution in [3.05, 3.63) is 39.8 Å². The van der Waals surface area contributed by atoms with Crippen molar-refractivity contribution < 1.29 is 9.53 Å². The van der Waals surface area contributed by atoms with Crippen molar-refractivity contribution in [1.82, 2.24) is 15.3 Å². The summed E-state index contributed by atoms with van der Waals surface area (Å²) in [5.74, 6) is 0.517. The van der Waals surface area contributed by atoms with Crippen molar-refractivity contribution in [2.75, 3.05) is 31.2 Å². The van der Waals surface area contributed by atoms with Gasteiger partial charge in [-0.1, -0.05) is 0 Å². The zero-order valence-corrected chi connectivity index (χ0v) is 14.1. The highest BCUT2D eigenvalue weighted by atomic mass is 32.1. The Morgan fingerprint density at radius 2 is 2.22 bits per heavy atom. The number of hydrogen-bond acceptors (Lipinski definition) is 6.